The van der Waals surface area contributed by atoms with E-state index < -0.39 is 5.54 Å². The summed E-state index contributed by atoms with van der Waals surface area (Å²) in [6.07, 6.45) is 1.45. The Hall–Kier alpha value is -0.650. The van der Waals surface area contributed by atoms with E-state index in [-0.39, 0.29) is 12.0 Å². The fourth-order valence-electron chi connectivity index (χ4n) is 2.19. The van der Waals surface area contributed by atoms with Crippen molar-refractivity contribution in [1.29, 1.82) is 0 Å². The molecule has 0 saturated carbocycles. The number of likely N-dealkylation sites (tertiary alicyclic amines) is 1. The maximum Gasteiger partial charge on any atom is 0.242 e. The van der Waals surface area contributed by atoms with Crippen LogP contribution in [0.15, 0.2) is 0 Å². The molecule has 5 heteroatoms. The highest BCUT2D eigenvalue weighted by Crippen LogP contribution is 2.22. The van der Waals surface area contributed by atoms with Gasteiger partial charge in [0.05, 0.1) is 11.6 Å². The summed E-state index contributed by atoms with van der Waals surface area (Å²) in [6, 6.07) is 0. The molecule has 2 aliphatic rings. The molecule has 2 fully saturated rings. The largest absolute Gasteiger partial charge is 0.391 e. The molecular formula is C10H18N2O3. The minimum atomic E-state index is -0.762. The van der Waals surface area contributed by atoms with Crippen LogP contribution in [0.1, 0.15) is 19.3 Å². The number of nitrogens with two attached hydrogens (primary N) is 1. The van der Waals surface area contributed by atoms with E-state index in [9.17, 15) is 9.90 Å². The van der Waals surface area contributed by atoms with Crippen LogP contribution in [-0.4, -0.2) is 53.9 Å². The van der Waals surface area contributed by atoms with E-state index in [1.807, 2.05) is 0 Å². The first kappa shape index (κ1) is 10.9. The fourth-order valence-corrected chi connectivity index (χ4v) is 2.19. The molecule has 2 aliphatic heterocycles. The Kier molecular flexibility index (Phi) is 2.95. The molecule has 2 rings (SSSR count). The zero-order valence-corrected chi connectivity index (χ0v) is 8.82. The number of amides is 1. The molecule has 0 radical (unpaired) electrons. The van der Waals surface area contributed by atoms with Crippen LogP contribution in [0.3, 0.4) is 0 Å². The van der Waals surface area contributed by atoms with Gasteiger partial charge in [-0.25, -0.2) is 0 Å². The van der Waals surface area contributed by atoms with Gasteiger partial charge < -0.3 is 20.5 Å². The predicted molar refractivity (Wildman–Crippen MR) is 54.2 cm³/mol. The number of β-amino-alcohol motifs (C(OH)–C–C–N with tert-alkyl or cyclic N) is 1. The van der Waals surface area contributed by atoms with Crippen molar-refractivity contribution in [1.82, 2.24) is 4.90 Å². The van der Waals surface area contributed by atoms with Crippen LogP contribution in [0.5, 0.6) is 0 Å². The molecule has 0 bridgehead atoms. The van der Waals surface area contributed by atoms with E-state index in [1.54, 1.807) is 4.90 Å². The Balaban J connectivity index is 1.99. The highest BCUT2D eigenvalue weighted by Gasteiger charge is 2.40. The minimum absolute atomic E-state index is 0.0256. The van der Waals surface area contributed by atoms with E-state index >= 15 is 0 Å². The summed E-state index contributed by atoms with van der Waals surface area (Å²) in [5, 5.41) is 9.37. The van der Waals surface area contributed by atoms with E-state index in [0.717, 1.165) is 0 Å². The van der Waals surface area contributed by atoms with Crippen molar-refractivity contribution in [2.45, 2.75) is 30.9 Å². The number of ether oxygens (including phenoxy) is 1. The first-order valence-corrected chi connectivity index (χ1v) is 5.46. The average Bonchev–Trinajstić information content (AvgIpc) is 2.65. The second-order valence-corrected chi connectivity index (χ2v) is 4.46. The number of aliphatic hydroxyl groups is 1. The summed E-state index contributed by atoms with van der Waals surface area (Å²) in [5.41, 5.74) is 5.31. The lowest BCUT2D eigenvalue weighted by Crippen LogP contribution is -2.57. The molecular weight excluding hydrogens is 196 g/mol. The van der Waals surface area contributed by atoms with Crippen molar-refractivity contribution >= 4 is 5.91 Å². The van der Waals surface area contributed by atoms with Crippen LogP contribution in [-0.2, 0) is 9.53 Å². The van der Waals surface area contributed by atoms with Crippen LogP contribution in [0.2, 0.25) is 0 Å². The van der Waals surface area contributed by atoms with E-state index in [2.05, 4.69) is 0 Å². The zero-order chi connectivity index (χ0) is 10.9. The van der Waals surface area contributed by atoms with Gasteiger partial charge in [-0.3, -0.25) is 4.79 Å². The Morgan fingerprint density at radius 2 is 2.13 bits per heavy atom. The van der Waals surface area contributed by atoms with E-state index in [0.29, 0.717) is 45.6 Å². The Morgan fingerprint density at radius 1 is 1.47 bits per heavy atom. The van der Waals surface area contributed by atoms with Crippen LogP contribution in [0.4, 0.5) is 0 Å². The lowest BCUT2D eigenvalue weighted by atomic mass is 9.90. The SMILES string of the molecule is NC1(C(=O)N2CC[C@@H](O)C2)CCOCC1. The third-order valence-electron chi connectivity index (χ3n) is 3.26. The summed E-state index contributed by atoms with van der Waals surface area (Å²) < 4.78 is 5.20. The summed E-state index contributed by atoms with van der Waals surface area (Å²) in [6.45, 7) is 2.16. The van der Waals surface area contributed by atoms with Crippen molar-refractivity contribution in [3.8, 4) is 0 Å². The molecule has 15 heavy (non-hydrogen) atoms. The highest BCUT2D eigenvalue weighted by molar-refractivity contribution is 5.86. The highest BCUT2D eigenvalue weighted by atomic mass is 16.5. The molecule has 1 atom stereocenters. The van der Waals surface area contributed by atoms with Gasteiger partial charge in [-0.05, 0) is 19.3 Å². The smallest absolute Gasteiger partial charge is 0.242 e. The van der Waals surface area contributed by atoms with Crippen molar-refractivity contribution in [2.75, 3.05) is 26.3 Å². The molecule has 0 spiro atoms. The molecule has 0 aliphatic carbocycles. The third kappa shape index (κ3) is 2.14. The van der Waals surface area contributed by atoms with Gasteiger partial charge in [0.2, 0.25) is 5.91 Å². The van der Waals surface area contributed by atoms with Gasteiger partial charge >= 0.3 is 0 Å². The van der Waals surface area contributed by atoms with Gasteiger partial charge in [0.15, 0.2) is 0 Å². The normalized spacial score (nSPS) is 30.5. The second kappa shape index (κ2) is 4.08. The van der Waals surface area contributed by atoms with Crippen molar-refractivity contribution in [2.24, 2.45) is 5.73 Å². The van der Waals surface area contributed by atoms with Gasteiger partial charge in [-0.2, -0.15) is 0 Å². The maximum atomic E-state index is 12.1. The van der Waals surface area contributed by atoms with E-state index in [1.165, 1.54) is 0 Å². The quantitative estimate of drug-likeness (QED) is 0.592. The van der Waals surface area contributed by atoms with E-state index in [4.69, 9.17) is 10.5 Å². The number of nitrogens with zero attached hydrogens (tertiary/aromatic N) is 1. The standard InChI is InChI=1S/C10H18N2O3/c11-10(2-5-15-6-3-10)9(14)12-4-1-8(13)7-12/h8,13H,1-7,11H2/t8-/m1/s1. The molecule has 0 unspecified atom stereocenters. The molecule has 2 saturated heterocycles. The van der Waals surface area contributed by atoms with Crippen LogP contribution in [0.25, 0.3) is 0 Å². The van der Waals surface area contributed by atoms with Gasteiger partial charge in [-0.1, -0.05) is 0 Å². The van der Waals surface area contributed by atoms with Crippen molar-refractivity contribution in [3.63, 3.8) is 0 Å². The molecule has 0 aromatic carbocycles. The number of aliphatic hydroxyl groups excluding tert-OH is 1. The number of carbonyl (C=O) groups excluding carboxylic acids is 1. The first-order valence-electron chi connectivity index (χ1n) is 5.46. The first-order chi connectivity index (χ1) is 7.12. The number of hydrogen-bond donors (Lipinski definition) is 2. The average molecular weight is 214 g/mol. The predicted octanol–water partition coefficient (Wildman–Crippen LogP) is -0.912. The number of carbonyl (C=O) groups is 1. The molecule has 0 aromatic heterocycles. The van der Waals surface area contributed by atoms with Crippen LogP contribution in [0, 0.1) is 0 Å². The monoisotopic (exact) mass is 214 g/mol. The lowest BCUT2D eigenvalue weighted by molar-refractivity contribution is -0.139. The summed E-state index contributed by atoms with van der Waals surface area (Å²) in [4.78, 5) is 13.8. The molecule has 5 nitrogen and oxygen atoms in total. The fraction of sp³-hybridized carbons (Fsp3) is 0.900. The van der Waals surface area contributed by atoms with Gasteiger partial charge in [0.25, 0.3) is 0 Å². The topological polar surface area (TPSA) is 75.8 Å². The third-order valence-corrected chi connectivity index (χ3v) is 3.26. The molecule has 2 heterocycles. The summed E-state index contributed by atoms with van der Waals surface area (Å²) in [7, 11) is 0. The van der Waals surface area contributed by atoms with Gasteiger partial charge in [0.1, 0.15) is 0 Å². The molecule has 0 aromatic rings. The molecule has 1 amide bonds. The van der Waals surface area contributed by atoms with Crippen molar-refractivity contribution < 1.29 is 14.6 Å². The van der Waals surface area contributed by atoms with Crippen LogP contribution < -0.4 is 5.73 Å². The summed E-state index contributed by atoms with van der Waals surface area (Å²) in [5.74, 6) is -0.0256. The molecule has 86 valence electrons. The number of hydrogen-bond acceptors (Lipinski definition) is 4. The Labute approximate surface area is 89.2 Å². The summed E-state index contributed by atoms with van der Waals surface area (Å²) >= 11 is 0. The van der Waals surface area contributed by atoms with Gasteiger partial charge in [0, 0.05) is 26.3 Å². The molecule has 3 N–H and O–H groups in total. The minimum Gasteiger partial charge on any atom is -0.391 e. The Bertz CT molecular complexity index is 251. The van der Waals surface area contributed by atoms with Crippen LogP contribution >= 0.6 is 0 Å². The maximum absolute atomic E-state index is 12.1. The second-order valence-electron chi connectivity index (χ2n) is 4.46. The van der Waals surface area contributed by atoms with Crippen molar-refractivity contribution in [3.05, 3.63) is 0 Å². The van der Waals surface area contributed by atoms with Gasteiger partial charge in [-0.15, -0.1) is 0 Å². The Morgan fingerprint density at radius 3 is 2.67 bits per heavy atom. The zero-order valence-electron chi connectivity index (χ0n) is 8.82. The lowest BCUT2D eigenvalue weighted by Gasteiger charge is -2.35. The number of rotatable bonds is 1.